The van der Waals surface area contributed by atoms with Crippen molar-refractivity contribution in [3.63, 3.8) is 0 Å². The molecule has 0 saturated carbocycles. The van der Waals surface area contributed by atoms with Crippen LogP contribution in [0.4, 0.5) is 0 Å². The van der Waals surface area contributed by atoms with E-state index in [1.165, 1.54) is 0 Å². The lowest BCUT2D eigenvalue weighted by atomic mass is 9.91. The molecule has 0 unspecified atom stereocenters. The Morgan fingerprint density at radius 3 is 0.417 bits per heavy atom. The Hall–Kier alpha value is -5.88. The molecule has 6 N–H and O–H groups in total. The summed E-state index contributed by atoms with van der Waals surface area (Å²) < 4.78 is 0. The molecule has 240 valence electrons. The van der Waals surface area contributed by atoms with Gasteiger partial charge in [-0.15, -0.1) is 0 Å². The Kier molecular flexibility index (Phi) is 8.15. The second-order valence-electron chi connectivity index (χ2n) is 12.6. The maximum absolute atomic E-state index is 11.3. The van der Waals surface area contributed by atoms with Crippen LogP contribution in [0.2, 0.25) is 0 Å². The second kappa shape index (κ2) is 12.7. The maximum atomic E-state index is 11.3. The Balaban J connectivity index is 1.35. The number of phenols is 6. The van der Waals surface area contributed by atoms with Crippen molar-refractivity contribution in [1.29, 1.82) is 0 Å². The third-order valence-corrected chi connectivity index (χ3v) is 9.50. The summed E-state index contributed by atoms with van der Waals surface area (Å²) in [4.78, 5) is 0. The van der Waals surface area contributed by atoms with Gasteiger partial charge in [-0.25, -0.2) is 0 Å². The number of para-hydroxylation sites is 6. The lowest BCUT2D eigenvalue weighted by Gasteiger charge is -2.16. The Labute approximate surface area is 279 Å². The minimum absolute atomic E-state index is 0.101. The van der Waals surface area contributed by atoms with Gasteiger partial charge in [0.15, 0.2) is 0 Å². The van der Waals surface area contributed by atoms with Crippen molar-refractivity contribution in [2.45, 2.75) is 38.5 Å². The molecule has 0 heterocycles. The zero-order valence-corrected chi connectivity index (χ0v) is 26.3. The molecular formula is C42H36O6. The number of rotatable bonds is 0. The number of fused-ring (bicyclic) bond motifs is 12. The summed E-state index contributed by atoms with van der Waals surface area (Å²) in [5, 5.41) is 68.1. The van der Waals surface area contributed by atoms with Crippen LogP contribution in [0.5, 0.6) is 34.5 Å². The zero-order valence-electron chi connectivity index (χ0n) is 26.3. The van der Waals surface area contributed by atoms with Crippen molar-refractivity contribution >= 4 is 0 Å². The van der Waals surface area contributed by atoms with Crippen LogP contribution < -0.4 is 0 Å². The average Bonchev–Trinajstić information content (AvgIpc) is 3.07. The first kappa shape index (κ1) is 30.8. The number of hydrogen-bond acceptors (Lipinski definition) is 6. The highest BCUT2D eigenvalue weighted by Gasteiger charge is 2.19. The summed E-state index contributed by atoms with van der Waals surface area (Å²) in [6.07, 6.45) is 1.68. The van der Waals surface area contributed by atoms with E-state index in [-0.39, 0.29) is 73.0 Å². The molecule has 0 atom stereocenters. The fourth-order valence-corrected chi connectivity index (χ4v) is 6.81. The number of hydrogen-bond donors (Lipinski definition) is 6. The van der Waals surface area contributed by atoms with Gasteiger partial charge in [-0.2, -0.15) is 0 Å². The quantitative estimate of drug-likeness (QED) is 0.101. The van der Waals surface area contributed by atoms with Crippen LogP contribution in [0.3, 0.4) is 0 Å². The predicted molar refractivity (Wildman–Crippen MR) is 185 cm³/mol. The molecule has 0 fully saturated rings. The summed E-state index contributed by atoms with van der Waals surface area (Å²) in [5.74, 6) is 0.604. The average molecular weight is 637 g/mol. The van der Waals surface area contributed by atoms with E-state index in [2.05, 4.69) is 0 Å². The van der Waals surface area contributed by atoms with Gasteiger partial charge in [0, 0.05) is 38.5 Å². The molecule has 0 aromatic heterocycles. The molecule has 6 nitrogen and oxygen atoms in total. The molecule has 48 heavy (non-hydrogen) atoms. The summed E-state index contributed by atoms with van der Waals surface area (Å²) in [6, 6.07) is 33.0. The summed E-state index contributed by atoms with van der Waals surface area (Å²) in [6.45, 7) is 0. The fraction of sp³-hybridized carbons (Fsp3) is 0.143. The van der Waals surface area contributed by atoms with E-state index in [0.29, 0.717) is 66.8 Å². The second-order valence-corrected chi connectivity index (χ2v) is 12.6. The van der Waals surface area contributed by atoms with Gasteiger partial charge in [-0.05, 0) is 66.8 Å². The SMILES string of the molecule is Oc1c2cccc1Cc1cccc(c1O)Cc1cccc(c1O)Cc1cccc(c1O)Cc1cccc(c1O)Cc1cccc(c1O)C2. The van der Waals surface area contributed by atoms with E-state index in [9.17, 15) is 30.6 Å². The van der Waals surface area contributed by atoms with Gasteiger partial charge >= 0.3 is 0 Å². The van der Waals surface area contributed by atoms with Crippen molar-refractivity contribution < 1.29 is 30.6 Å². The van der Waals surface area contributed by atoms with Crippen molar-refractivity contribution in [1.82, 2.24) is 0 Å². The smallest absolute Gasteiger partial charge is 0.122 e. The van der Waals surface area contributed by atoms with Crippen LogP contribution >= 0.6 is 0 Å². The number of benzene rings is 6. The van der Waals surface area contributed by atoms with Gasteiger partial charge in [-0.3, -0.25) is 0 Å². The normalized spacial score (nSPS) is 13.0. The van der Waals surface area contributed by atoms with E-state index in [0.717, 1.165) is 0 Å². The van der Waals surface area contributed by atoms with E-state index in [4.69, 9.17) is 0 Å². The molecule has 1 aliphatic carbocycles. The highest BCUT2D eigenvalue weighted by molar-refractivity contribution is 5.55. The van der Waals surface area contributed by atoms with Crippen molar-refractivity contribution in [2.24, 2.45) is 0 Å². The molecule has 0 spiro atoms. The van der Waals surface area contributed by atoms with Gasteiger partial charge in [0.2, 0.25) is 0 Å². The van der Waals surface area contributed by atoms with Crippen molar-refractivity contribution in [2.75, 3.05) is 0 Å². The molecule has 7 rings (SSSR count). The predicted octanol–water partition coefficient (Wildman–Crippen LogP) is 7.78. The molecular weight excluding hydrogens is 600 g/mol. The minimum atomic E-state index is 0.101. The fourth-order valence-electron chi connectivity index (χ4n) is 6.81. The van der Waals surface area contributed by atoms with Gasteiger partial charge in [0.1, 0.15) is 34.5 Å². The van der Waals surface area contributed by atoms with E-state index >= 15 is 0 Å². The van der Waals surface area contributed by atoms with Crippen molar-refractivity contribution in [3.05, 3.63) is 176 Å². The molecule has 1 aliphatic rings. The molecule has 12 bridgehead atoms. The third kappa shape index (κ3) is 5.89. The summed E-state index contributed by atoms with van der Waals surface area (Å²) >= 11 is 0. The first-order valence-corrected chi connectivity index (χ1v) is 16.0. The van der Waals surface area contributed by atoms with Gasteiger partial charge in [0.05, 0.1) is 0 Å². The zero-order chi connectivity index (χ0) is 33.4. The summed E-state index contributed by atoms with van der Waals surface area (Å²) in [5.41, 5.74) is 7.65. The molecule has 6 heteroatoms. The first-order chi connectivity index (χ1) is 23.3. The maximum Gasteiger partial charge on any atom is 0.122 e. The third-order valence-electron chi connectivity index (χ3n) is 9.50. The van der Waals surface area contributed by atoms with Crippen LogP contribution in [0.25, 0.3) is 0 Å². The topological polar surface area (TPSA) is 121 Å². The highest BCUT2D eigenvalue weighted by Crippen LogP contribution is 2.38. The van der Waals surface area contributed by atoms with Crippen LogP contribution in [-0.2, 0) is 38.5 Å². The lowest BCUT2D eigenvalue weighted by molar-refractivity contribution is 0.451. The molecule has 0 radical (unpaired) electrons. The van der Waals surface area contributed by atoms with Crippen molar-refractivity contribution in [3.8, 4) is 34.5 Å². The molecule has 0 amide bonds. The van der Waals surface area contributed by atoms with Crippen LogP contribution in [0.1, 0.15) is 66.8 Å². The number of phenolic OH excluding ortho intramolecular Hbond substituents is 6. The van der Waals surface area contributed by atoms with Crippen LogP contribution in [0, 0.1) is 0 Å². The Bertz CT molecular complexity index is 1640. The largest absolute Gasteiger partial charge is 0.507 e. The van der Waals surface area contributed by atoms with Gasteiger partial charge in [-0.1, -0.05) is 109 Å². The van der Waals surface area contributed by atoms with E-state index in [1.807, 2.05) is 109 Å². The Morgan fingerprint density at radius 2 is 0.312 bits per heavy atom. The summed E-state index contributed by atoms with van der Waals surface area (Å²) in [7, 11) is 0. The first-order valence-electron chi connectivity index (χ1n) is 16.0. The van der Waals surface area contributed by atoms with E-state index < -0.39 is 0 Å². The standard InChI is InChI=1S/C42H36O6/c43-37-25-7-1-8-26(37)20-28-10-3-12-30(39(28)45)22-32-14-5-16-34(41(32)47)24-36-18-6-17-35(42(36)48)23-33-15-4-13-31(40(33)46)21-29-11-2-9-27(19-25)38(29)44/h1-18,43-48H,19-24H2. The Morgan fingerprint density at radius 1 is 0.208 bits per heavy atom. The molecule has 0 saturated heterocycles. The van der Waals surface area contributed by atoms with Crippen LogP contribution in [-0.4, -0.2) is 30.6 Å². The lowest BCUT2D eigenvalue weighted by Crippen LogP contribution is -2.00. The van der Waals surface area contributed by atoms with Gasteiger partial charge in [0.25, 0.3) is 0 Å². The molecule has 0 aliphatic heterocycles. The minimum Gasteiger partial charge on any atom is -0.507 e. The van der Waals surface area contributed by atoms with Crippen LogP contribution in [0.15, 0.2) is 109 Å². The highest BCUT2D eigenvalue weighted by atomic mass is 16.3. The monoisotopic (exact) mass is 636 g/mol. The molecule has 6 aromatic carbocycles. The van der Waals surface area contributed by atoms with Gasteiger partial charge < -0.3 is 30.6 Å². The van der Waals surface area contributed by atoms with E-state index in [1.54, 1.807) is 0 Å². The molecule has 6 aromatic rings. The number of aromatic hydroxyl groups is 6.